The molecule has 0 saturated carbocycles. The van der Waals surface area contributed by atoms with E-state index in [0.717, 1.165) is 5.56 Å². The molecule has 15 nitrogen and oxygen atoms in total. The van der Waals surface area contributed by atoms with Gasteiger partial charge in [0.25, 0.3) is 11.9 Å². The third-order valence-corrected chi connectivity index (χ3v) is 5.80. The summed E-state index contributed by atoms with van der Waals surface area (Å²) in [5, 5.41) is 31.8. The zero-order valence-corrected chi connectivity index (χ0v) is 20.1. The predicted octanol–water partition coefficient (Wildman–Crippen LogP) is -0.189. The Morgan fingerprint density at radius 3 is 2.84 bits per heavy atom. The molecule has 0 aliphatic carbocycles. The summed E-state index contributed by atoms with van der Waals surface area (Å²) in [5.74, 6) is 0.452. The lowest BCUT2D eigenvalue weighted by Crippen LogP contribution is -2.41. The van der Waals surface area contributed by atoms with E-state index >= 15 is 0 Å². The lowest BCUT2D eigenvalue weighted by atomic mass is 10.1. The van der Waals surface area contributed by atoms with Gasteiger partial charge in [0.2, 0.25) is 0 Å². The molecule has 1 saturated heterocycles. The summed E-state index contributed by atoms with van der Waals surface area (Å²) >= 11 is 0. The zero-order valence-electron chi connectivity index (χ0n) is 20.1. The molecule has 194 valence electrons. The molecule has 1 amide bonds. The second-order valence-electron chi connectivity index (χ2n) is 8.05. The summed E-state index contributed by atoms with van der Waals surface area (Å²) in [6, 6.07) is 7.35. The van der Waals surface area contributed by atoms with Gasteiger partial charge in [-0.25, -0.2) is 10.5 Å². The smallest absolute Gasteiger partial charge is 0.256 e. The van der Waals surface area contributed by atoms with Gasteiger partial charge < -0.3 is 25.0 Å². The Hall–Kier alpha value is -4.18. The Kier molecular flexibility index (Phi) is 6.66. The van der Waals surface area contributed by atoms with Crippen molar-refractivity contribution in [3.05, 3.63) is 36.8 Å². The van der Waals surface area contributed by atoms with Gasteiger partial charge >= 0.3 is 0 Å². The van der Waals surface area contributed by atoms with Gasteiger partial charge in [-0.1, -0.05) is 17.3 Å². The first-order valence-electron chi connectivity index (χ1n) is 11.4. The van der Waals surface area contributed by atoms with Crippen molar-refractivity contribution in [2.24, 2.45) is 0 Å². The van der Waals surface area contributed by atoms with E-state index in [4.69, 9.17) is 14.3 Å². The van der Waals surface area contributed by atoms with Crippen LogP contribution in [0.25, 0.3) is 28.4 Å². The number of aliphatic hydroxyl groups excluding tert-OH is 2. The predicted molar refractivity (Wildman–Crippen MR) is 127 cm³/mol. The first-order valence-corrected chi connectivity index (χ1v) is 11.4. The number of anilines is 1. The molecule has 0 bridgehead atoms. The molecule has 1 aromatic carbocycles. The van der Waals surface area contributed by atoms with E-state index in [1.165, 1.54) is 22.6 Å². The van der Waals surface area contributed by atoms with Gasteiger partial charge in [0.05, 0.1) is 26.2 Å². The number of hydrogen-bond donors (Lipinski definition) is 4. The first-order chi connectivity index (χ1) is 17.9. The molecule has 0 radical (unpaired) electrons. The minimum Gasteiger partial charge on any atom is -0.497 e. The summed E-state index contributed by atoms with van der Waals surface area (Å²) in [6.07, 6.45) is -2.28. The Bertz CT molecular complexity index is 1420. The summed E-state index contributed by atoms with van der Waals surface area (Å²) in [5.41, 5.74) is 4.62. The highest BCUT2D eigenvalue weighted by molar-refractivity contribution is 5.84. The van der Waals surface area contributed by atoms with Crippen LogP contribution in [0.5, 0.6) is 5.75 Å². The van der Waals surface area contributed by atoms with Crippen LogP contribution >= 0.6 is 0 Å². The molecule has 3 aromatic heterocycles. The molecule has 4 atom stereocenters. The van der Waals surface area contributed by atoms with E-state index in [2.05, 4.69) is 36.1 Å². The molecule has 37 heavy (non-hydrogen) atoms. The van der Waals surface area contributed by atoms with Crippen molar-refractivity contribution in [1.82, 2.24) is 39.8 Å². The Balaban J connectivity index is 1.56. The van der Waals surface area contributed by atoms with Gasteiger partial charge in [0.1, 0.15) is 23.7 Å². The van der Waals surface area contributed by atoms with Crippen molar-refractivity contribution in [2.75, 3.05) is 26.2 Å². The van der Waals surface area contributed by atoms with Gasteiger partial charge in [-0.3, -0.25) is 14.2 Å². The molecule has 1 fully saturated rings. The van der Waals surface area contributed by atoms with E-state index in [0.29, 0.717) is 23.6 Å². The average molecular weight is 511 g/mol. The lowest BCUT2D eigenvalue weighted by Gasteiger charge is -2.17. The number of benzene rings is 1. The standard InChI is InChI=1S/C22H25N9O6/c1-4-36-28-18-14-19(30(10-24-14)21-16(33)15(32)17(37-21)20(34)23-2)26-22(25-18)31-9-13(27-29-31)11-6-5-7-12(8-11)35-3/h5-10,15-17,21,32-33H,4H2,1-3H3,(H,23,34)(H,25,26,28)/t15-,16+,17-,21?/m0/s1. The van der Waals surface area contributed by atoms with Gasteiger partial charge in [0.15, 0.2) is 29.3 Å². The van der Waals surface area contributed by atoms with Crippen molar-refractivity contribution in [1.29, 1.82) is 0 Å². The number of aliphatic hydroxyl groups is 2. The molecule has 4 aromatic rings. The van der Waals surface area contributed by atoms with Crippen molar-refractivity contribution >= 4 is 22.9 Å². The summed E-state index contributed by atoms with van der Waals surface area (Å²) in [6.45, 7) is 2.14. The van der Waals surface area contributed by atoms with E-state index < -0.39 is 30.4 Å². The molecule has 5 rings (SSSR count). The number of nitrogens with one attached hydrogen (secondary N) is 2. The molecule has 1 unspecified atom stereocenters. The number of aromatic nitrogens is 7. The number of amides is 1. The number of nitrogens with zero attached hydrogens (tertiary/aromatic N) is 7. The second-order valence-corrected chi connectivity index (χ2v) is 8.05. The van der Waals surface area contributed by atoms with E-state index in [9.17, 15) is 15.0 Å². The number of fused-ring (bicyclic) bond motifs is 1. The van der Waals surface area contributed by atoms with Crippen LogP contribution in [0.3, 0.4) is 0 Å². The second kappa shape index (κ2) is 10.1. The molecule has 4 N–H and O–H groups in total. The summed E-state index contributed by atoms with van der Waals surface area (Å²) in [7, 11) is 2.99. The van der Waals surface area contributed by atoms with Gasteiger partial charge in [-0.15, -0.1) is 5.10 Å². The number of hydrogen-bond acceptors (Lipinski definition) is 12. The molecular weight excluding hydrogens is 486 g/mol. The monoisotopic (exact) mass is 511 g/mol. The number of imidazole rings is 1. The van der Waals surface area contributed by atoms with Crippen LogP contribution in [0.1, 0.15) is 13.2 Å². The normalized spacial score (nSPS) is 21.3. The van der Waals surface area contributed by atoms with E-state index in [1.54, 1.807) is 20.2 Å². The van der Waals surface area contributed by atoms with Crippen LogP contribution in [0.15, 0.2) is 36.8 Å². The SMILES string of the molecule is CCONc1nc(-n2cc(-c3cccc(OC)c3)nn2)nc2c1ncn2C1O[C@H](C(=O)NC)[C@@H](O)[C@H]1O. The highest BCUT2D eigenvalue weighted by atomic mass is 16.6. The third-order valence-electron chi connectivity index (χ3n) is 5.80. The number of likely N-dealkylation sites (N-methyl/N-ethyl adjacent to an activating group) is 1. The van der Waals surface area contributed by atoms with Gasteiger partial charge in [0, 0.05) is 12.6 Å². The highest BCUT2D eigenvalue weighted by Gasteiger charge is 2.47. The summed E-state index contributed by atoms with van der Waals surface area (Å²) in [4.78, 5) is 30.8. The van der Waals surface area contributed by atoms with Crippen molar-refractivity contribution in [3.63, 3.8) is 0 Å². The first kappa shape index (κ1) is 24.5. The number of carbonyl (C=O) groups is 1. The largest absolute Gasteiger partial charge is 0.497 e. The van der Waals surface area contributed by atoms with Crippen LogP contribution in [-0.4, -0.2) is 89.7 Å². The van der Waals surface area contributed by atoms with Crippen LogP contribution in [0.4, 0.5) is 5.82 Å². The molecule has 15 heteroatoms. The van der Waals surface area contributed by atoms with Crippen LogP contribution < -0.4 is 15.5 Å². The fourth-order valence-corrected chi connectivity index (χ4v) is 3.93. The maximum atomic E-state index is 12.1. The Morgan fingerprint density at radius 2 is 2.08 bits per heavy atom. The van der Waals surface area contributed by atoms with Crippen LogP contribution in [0, 0.1) is 0 Å². The maximum Gasteiger partial charge on any atom is 0.256 e. The van der Waals surface area contributed by atoms with Crippen molar-refractivity contribution in [3.8, 4) is 23.0 Å². The molecule has 0 spiro atoms. The van der Waals surface area contributed by atoms with Crippen molar-refractivity contribution in [2.45, 2.75) is 31.5 Å². The number of carbonyl (C=O) groups excluding carboxylic acids is 1. The number of methoxy groups -OCH3 is 1. The molecular formula is C22H25N9O6. The minimum absolute atomic E-state index is 0.119. The van der Waals surface area contributed by atoms with Crippen molar-refractivity contribution < 1.29 is 29.3 Å². The van der Waals surface area contributed by atoms with Crippen LogP contribution in [0.2, 0.25) is 0 Å². The zero-order chi connectivity index (χ0) is 26.1. The third kappa shape index (κ3) is 4.44. The molecule has 1 aliphatic heterocycles. The minimum atomic E-state index is -1.45. The average Bonchev–Trinajstić information content (AvgIpc) is 3.65. The Morgan fingerprint density at radius 1 is 1.24 bits per heavy atom. The number of rotatable bonds is 8. The summed E-state index contributed by atoms with van der Waals surface area (Å²) < 4.78 is 13.8. The van der Waals surface area contributed by atoms with Gasteiger partial charge in [-0.05, 0) is 19.1 Å². The maximum absolute atomic E-state index is 12.1. The van der Waals surface area contributed by atoms with Gasteiger partial charge in [-0.2, -0.15) is 14.6 Å². The molecule has 1 aliphatic rings. The lowest BCUT2D eigenvalue weighted by molar-refractivity contribution is -0.137. The molecule has 4 heterocycles. The van der Waals surface area contributed by atoms with E-state index in [1.807, 2.05) is 24.3 Å². The quantitative estimate of drug-likeness (QED) is 0.229. The highest BCUT2D eigenvalue weighted by Crippen LogP contribution is 2.33. The number of ether oxygens (including phenoxy) is 2. The van der Waals surface area contributed by atoms with Crippen LogP contribution in [-0.2, 0) is 14.4 Å². The Labute approximate surface area is 210 Å². The fourth-order valence-electron chi connectivity index (χ4n) is 3.93. The fraction of sp³-hybridized carbons (Fsp3) is 0.364. The van der Waals surface area contributed by atoms with E-state index in [-0.39, 0.29) is 17.4 Å². The topological polar surface area (TPSA) is 184 Å².